The number of aromatic amines is 1. The Hall–Kier alpha value is -1.23. The van der Waals surface area contributed by atoms with Crippen LogP contribution in [-0.4, -0.2) is 20.7 Å². The Morgan fingerprint density at radius 3 is 3.27 bits per heavy atom. The number of fused-ring (bicyclic) bond motifs is 1. The summed E-state index contributed by atoms with van der Waals surface area (Å²) >= 11 is 4.84. The first-order valence-electron chi connectivity index (χ1n) is 3.14. The molecular weight excluding hydrogens is 162 g/mol. The average Bonchev–Trinajstić information content (AvgIpc) is 2.34. The van der Waals surface area contributed by atoms with Crippen LogP contribution >= 0.6 is 12.2 Å². The molecule has 1 aliphatic rings. The van der Waals surface area contributed by atoms with Gasteiger partial charge in [0, 0.05) is 0 Å². The third-order valence-electron chi connectivity index (χ3n) is 1.50. The molecule has 0 saturated carbocycles. The van der Waals surface area contributed by atoms with E-state index in [-0.39, 0.29) is 12.2 Å². The molecule has 56 valence electrons. The number of ketones is 1. The first-order chi connectivity index (χ1) is 5.27. The fourth-order valence-electron chi connectivity index (χ4n) is 1.01. The Labute approximate surface area is 68.0 Å². The van der Waals surface area contributed by atoms with Gasteiger partial charge in [-0.15, -0.1) is 0 Å². The lowest BCUT2D eigenvalue weighted by atomic mass is 10.1. The van der Waals surface area contributed by atoms with Gasteiger partial charge in [-0.3, -0.25) is 4.79 Å². The average molecular weight is 167 g/mol. The minimum absolute atomic E-state index is 0.00116. The molecule has 4 nitrogen and oxygen atoms in total. The van der Waals surface area contributed by atoms with Crippen molar-refractivity contribution in [3.63, 3.8) is 0 Å². The van der Waals surface area contributed by atoms with Crippen molar-refractivity contribution in [3.8, 4) is 0 Å². The quantitative estimate of drug-likeness (QED) is 0.559. The van der Waals surface area contributed by atoms with Crippen LogP contribution in [0.4, 0.5) is 5.82 Å². The number of carbonyl (C=O) groups is 1. The summed E-state index contributed by atoms with van der Waals surface area (Å²) < 4.78 is 0. The molecule has 5 heteroatoms. The van der Waals surface area contributed by atoms with Crippen molar-refractivity contribution in [3.05, 3.63) is 12.0 Å². The van der Waals surface area contributed by atoms with Gasteiger partial charge in [0.25, 0.3) is 0 Å². The maximum atomic E-state index is 11.2. The van der Waals surface area contributed by atoms with Crippen molar-refractivity contribution < 1.29 is 4.79 Å². The summed E-state index contributed by atoms with van der Waals surface area (Å²) in [7, 11) is 0. The van der Waals surface area contributed by atoms with Gasteiger partial charge in [0.2, 0.25) is 0 Å². The summed E-state index contributed by atoms with van der Waals surface area (Å²) in [5.74, 6) is 0.549. The molecule has 0 bridgehead atoms. The van der Waals surface area contributed by atoms with Crippen molar-refractivity contribution in [2.75, 3.05) is 5.32 Å². The van der Waals surface area contributed by atoms with Crippen molar-refractivity contribution in [1.82, 2.24) is 9.97 Å². The lowest BCUT2D eigenvalue weighted by molar-refractivity contribution is 0.0996. The summed E-state index contributed by atoms with van der Waals surface area (Å²) in [4.78, 5) is 18.3. The normalized spacial score (nSPS) is 16.0. The zero-order valence-corrected chi connectivity index (χ0v) is 6.36. The van der Waals surface area contributed by atoms with Crippen LogP contribution in [0.3, 0.4) is 0 Å². The topological polar surface area (TPSA) is 57.8 Å². The number of carbonyl (C=O) groups excluding carboxylic acids is 1. The standard InChI is InChI=1S/C6H5N3OS/c10-3-1-4(11)9-6-5(3)7-2-8-6/h2H,1H2,(H,7,8)(H,9,11). The molecule has 0 aliphatic carbocycles. The van der Waals surface area contributed by atoms with Crippen LogP contribution in [0.5, 0.6) is 0 Å². The highest BCUT2D eigenvalue weighted by Crippen LogP contribution is 2.17. The number of rotatable bonds is 0. The predicted octanol–water partition coefficient (Wildman–Crippen LogP) is 0.735. The number of Topliss-reactive ketones (excluding diaryl/α,β-unsaturated/α-hetero) is 1. The SMILES string of the molecule is O=C1CC(=S)Nc2nc[nH]c21. The molecule has 1 aromatic heterocycles. The number of imidazole rings is 1. The molecule has 1 aliphatic heterocycles. The summed E-state index contributed by atoms with van der Waals surface area (Å²) in [5.41, 5.74) is 0.526. The summed E-state index contributed by atoms with van der Waals surface area (Å²) in [6, 6.07) is 0. The third kappa shape index (κ3) is 0.932. The molecule has 0 aromatic carbocycles. The predicted molar refractivity (Wildman–Crippen MR) is 43.8 cm³/mol. The van der Waals surface area contributed by atoms with Crippen molar-refractivity contribution in [2.45, 2.75) is 6.42 Å². The van der Waals surface area contributed by atoms with E-state index >= 15 is 0 Å². The lowest BCUT2D eigenvalue weighted by Gasteiger charge is -2.11. The monoisotopic (exact) mass is 167 g/mol. The highest BCUT2D eigenvalue weighted by atomic mass is 32.1. The summed E-state index contributed by atoms with van der Waals surface area (Å²) in [6.45, 7) is 0. The molecule has 2 N–H and O–H groups in total. The van der Waals surface area contributed by atoms with Crippen LogP contribution in [0.1, 0.15) is 16.9 Å². The Morgan fingerprint density at radius 2 is 2.45 bits per heavy atom. The van der Waals surface area contributed by atoms with Crippen molar-refractivity contribution in [1.29, 1.82) is 0 Å². The fourth-order valence-corrected chi connectivity index (χ4v) is 1.24. The van der Waals surface area contributed by atoms with Crippen LogP contribution in [-0.2, 0) is 0 Å². The molecule has 11 heavy (non-hydrogen) atoms. The van der Waals surface area contributed by atoms with Crippen molar-refractivity contribution >= 4 is 28.8 Å². The maximum absolute atomic E-state index is 11.2. The second kappa shape index (κ2) is 2.13. The number of nitrogens with one attached hydrogen (secondary N) is 2. The van der Waals surface area contributed by atoms with Gasteiger partial charge in [-0.05, 0) is 0 Å². The first kappa shape index (κ1) is 6.48. The lowest BCUT2D eigenvalue weighted by Crippen LogP contribution is -2.22. The zero-order chi connectivity index (χ0) is 7.84. The Bertz CT molecular complexity index is 330. The number of anilines is 1. The minimum Gasteiger partial charge on any atom is -0.340 e. The van der Waals surface area contributed by atoms with Gasteiger partial charge in [-0.25, -0.2) is 4.98 Å². The number of H-pyrrole nitrogens is 1. The van der Waals surface area contributed by atoms with E-state index in [0.29, 0.717) is 16.5 Å². The van der Waals surface area contributed by atoms with Crippen LogP contribution < -0.4 is 5.32 Å². The number of hydrogen-bond donors (Lipinski definition) is 2. The van der Waals surface area contributed by atoms with E-state index in [4.69, 9.17) is 12.2 Å². The molecule has 0 atom stereocenters. The third-order valence-corrected chi connectivity index (χ3v) is 1.74. The second-order valence-electron chi connectivity index (χ2n) is 2.27. The van der Waals surface area contributed by atoms with Gasteiger partial charge < -0.3 is 10.3 Å². The molecule has 0 unspecified atom stereocenters. The van der Waals surface area contributed by atoms with Crippen molar-refractivity contribution in [2.24, 2.45) is 0 Å². The summed E-state index contributed by atoms with van der Waals surface area (Å²) in [6.07, 6.45) is 1.76. The second-order valence-corrected chi connectivity index (χ2v) is 2.77. The summed E-state index contributed by atoms with van der Waals surface area (Å²) in [5, 5.41) is 2.84. The Kier molecular flexibility index (Phi) is 1.25. The van der Waals surface area contributed by atoms with E-state index < -0.39 is 0 Å². The van der Waals surface area contributed by atoms with Gasteiger partial charge in [-0.1, -0.05) is 12.2 Å². The molecule has 0 saturated heterocycles. The van der Waals surface area contributed by atoms with E-state index in [2.05, 4.69) is 15.3 Å². The smallest absolute Gasteiger partial charge is 0.189 e. The van der Waals surface area contributed by atoms with E-state index in [0.717, 1.165) is 0 Å². The number of thiocarbonyl (C=S) groups is 1. The number of nitrogens with zero attached hydrogens (tertiary/aromatic N) is 1. The number of aromatic nitrogens is 2. The molecule has 0 spiro atoms. The number of hydrogen-bond acceptors (Lipinski definition) is 3. The van der Waals surface area contributed by atoms with Gasteiger partial charge in [0.15, 0.2) is 11.6 Å². The molecule has 0 fully saturated rings. The van der Waals surface area contributed by atoms with Crippen LogP contribution in [0.15, 0.2) is 6.33 Å². The minimum atomic E-state index is 0.00116. The van der Waals surface area contributed by atoms with Gasteiger partial charge in [-0.2, -0.15) is 0 Å². The largest absolute Gasteiger partial charge is 0.340 e. The highest BCUT2D eigenvalue weighted by Gasteiger charge is 2.21. The van der Waals surface area contributed by atoms with Crippen LogP contribution in [0, 0.1) is 0 Å². The van der Waals surface area contributed by atoms with Crippen LogP contribution in [0.25, 0.3) is 0 Å². The van der Waals surface area contributed by atoms with Gasteiger partial charge in [0.1, 0.15) is 5.69 Å². The molecular formula is C6H5N3OS. The zero-order valence-electron chi connectivity index (χ0n) is 5.55. The Balaban J connectivity index is 2.52. The van der Waals surface area contributed by atoms with Gasteiger partial charge in [0.05, 0.1) is 17.7 Å². The van der Waals surface area contributed by atoms with E-state index in [1.54, 1.807) is 0 Å². The van der Waals surface area contributed by atoms with E-state index in [1.165, 1.54) is 6.33 Å². The van der Waals surface area contributed by atoms with E-state index in [9.17, 15) is 4.79 Å². The molecule has 2 heterocycles. The van der Waals surface area contributed by atoms with Crippen LogP contribution in [0.2, 0.25) is 0 Å². The van der Waals surface area contributed by atoms with Gasteiger partial charge >= 0.3 is 0 Å². The molecule has 1 aromatic rings. The Morgan fingerprint density at radius 1 is 1.64 bits per heavy atom. The highest BCUT2D eigenvalue weighted by molar-refractivity contribution is 7.80. The maximum Gasteiger partial charge on any atom is 0.189 e. The molecule has 2 rings (SSSR count). The molecule has 0 radical (unpaired) electrons. The molecule has 0 amide bonds. The fraction of sp³-hybridized carbons (Fsp3) is 0.167. The van der Waals surface area contributed by atoms with E-state index in [1.807, 2.05) is 0 Å². The first-order valence-corrected chi connectivity index (χ1v) is 3.54.